The molecule has 1 unspecified atom stereocenters. The molecular formula is C25H22ClF3N4O4S. The van der Waals surface area contributed by atoms with Gasteiger partial charge in [0.15, 0.2) is 5.13 Å². The largest absolute Gasteiger partial charge is 0.495 e. The molecule has 1 atom stereocenters. The summed E-state index contributed by atoms with van der Waals surface area (Å²) in [4.78, 5) is 41.6. The lowest BCUT2D eigenvalue weighted by molar-refractivity contribution is -0.174. The second-order valence-corrected chi connectivity index (χ2v) is 9.98. The Balaban J connectivity index is 1.35. The van der Waals surface area contributed by atoms with Crippen molar-refractivity contribution in [3.63, 3.8) is 0 Å². The van der Waals surface area contributed by atoms with Gasteiger partial charge >= 0.3 is 12.1 Å². The van der Waals surface area contributed by atoms with Gasteiger partial charge in [0.05, 0.1) is 17.8 Å². The molecule has 3 amide bonds. The maximum Gasteiger partial charge on any atom is 0.471 e. The third-order valence-corrected chi connectivity index (χ3v) is 7.14. The molecule has 2 aromatic carbocycles. The van der Waals surface area contributed by atoms with Crippen molar-refractivity contribution in [2.45, 2.75) is 38.0 Å². The van der Waals surface area contributed by atoms with Crippen molar-refractivity contribution in [3.8, 4) is 5.75 Å². The summed E-state index contributed by atoms with van der Waals surface area (Å²) in [5.41, 5.74) is 2.08. The van der Waals surface area contributed by atoms with Gasteiger partial charge in [-0.05, 0) is 48.7 Å². The van der Waals surface area contributed by atoms with Crippen molar-refractivity contribution in [1.29, 1.82) is 0 Å². The fourth-order valence-electron chi connectivity index (χ4n) is 3.90. The fraction of sp³-hybridized carbons (Fsp3) is 0.280. The van der Waals surface area contributed by atoms with E-state index in [0.29, 0.717) is 56.0 Å². The van der Waals surface area contributed by atoms with Gasteiger partial charge < -0.3 is 15.4 Å². The Hall–Kier alpha value is -3.64. The first kappa shape index (κ1) is 27.4. The van der Waals surface area contributed by atoms with Gasteiger partial charge in [0, 0.05) is 35.0 Å². The lowest BCUT2D eigenvalue weighted by Gasteiger charge is -2.22. The van der Waals surface area contributed by atoms with E-state index in [9.17, 15) is 27.6 Å². The van der Waals surface area contributed by atoms with E-state index in [1.807, 2.05) is 5.32 Å². The van der Waals surface area contributed by atoms with Gasteiger partial charge in [-0.15, -0.1) is 11.3 Å². The number of thiazole rings is 1. The summed E-state index contributed by atoms with van der Waals surface area (Å²) in [6.45, 7) is 0.167. The van der Waals surface area contributed by atoms with Crippen molar-refractivity contribution < 1.29 is 32.3 Å². The molecule has 1 aliphatic rings. The number of amides is 3. The second-order valence-electron chi connectivity index (χ2n) is 8.49. The Labute approximate surface area is 224 Å². The monoisotopic (exact) mass is 566 g/mol. The number of benzene rings is 2. The van der Waals surface area contributed by atoms with Crippen LogP contribution in [0.3, 0.4) is 0 Å². The molecule has 0 radical (unpaired) electrons. The minimum atomic E-state index is -4.94. The summed E-state index contributed by atoms with van der Waals surface area (Å²) in [6.07, 6.45) is -4.02. The highest BCUT2D eigenvalue weighted by Crippen LogP contribution is 2.31. The Morgan fingerprint density at radius 1 is 1.13 bits per heavy atom. The molecule has 0 aliphatic heterocycles. The van der Waals surface area contributed by atoms with Crippen LogP contribution < -0.4 is 20.7 Å². The second kappa shape index (κ2) is 11.4. The lowest BCUT2D eigenvalue weighted by Crippen LogP contribution is -2.45. The van der Waals surface area contributed by atoms with Crippen molar-refractivity contribution in [2.75, 3.05) is 12.4 Å². The molecule has 1 heterocycles. The zero-order valence-corrected chi connectivity index (χ0v) is 21.5. The van der Waals surface area contributed by atoms with E-state index < -0.39 is 24.0 Å². The molecule has 4 rings (SSSR count). The number of ether oxygens (including phenoxy) is 1. The Bertz CT molecular complexity index is 1380. The summed E-state index contributed by atoms with van der Waals surface area (Å²) < 4.78 is 42.7. The molecule has 38 heavy (non-hydrogen) atoms. The number of halogens is 4. The SMILES string of the molecule is COc1ccc(C(=O)NCc2cccc(C(=O)Nc3nc4c(s3)CC(NC(=O)C(F)(F)F)CC4)c2)cc1Cl. The van der Waals surface area contributed by atoms with Crippen LogP contribution in [0.4, 0.5) is 18.3 Å². The molecule has 0 saturated heterocycles. The molecule has 8 nitrogen and oxygen atoms in total. The minimum Gasteiger partial charge on any atom is -0.495 e. The third kappa shape index (κ3) is 6.62. The number of hydrogen-bond donors (Lipinski definition) is 3. The van der Waals surface area contributed by atoms with Crippen LogP contribution in [0, 0.1) is 0 Å². The van der Waals surface area contributed by atoms with E-state index >= 15 is 0 Å². The predicted octanol–water partition coefficient (Wildman–Crippen LogP) is 4.52. The molecule has 3 aromatic rings. The standard InChI is InChI=1S/C25H22ClF3N4O4S/c1-37-19-8-5-15(10-17(19)26)21(34)30-12-13-3-2-4-14(9-13)22(35)33-24-32-18-7-6-16(11-20(18)38-24)31-23(36)25(27,28)29/h2-5,8-10,16H,6-7,11-12H2,1H3,(H,30,34)(H,31,36)(H,32,33,35). The smallest absolute Gasteiger partial charge is 0.471 e. The molecule has 200 valence electrons. The quantitative estimate of drug-likeness (QED) is 0.389. The van der Waals surface area contributed by atoms with Crippen molar-refractivity contribution in [2.24, 2.45) is 0 Å². The number of nitrogens with zero attached hydrogens (tertiary/aromatic N) is 1. The zero-order valence-electron chi connectivity index (χ0n) is 19.9. The third-order valence-electron chi connectivity index (χ3n) is 5.81. The number of carbonyl (C=O) groups excluding carboxylic acids is 3. The normalized spacial score (nSPS) is 14.8. The molecule has 3 N–H and O–H groups in total. The first-order chi connectivity index (χ1) is 18.0. The summed E-state index contributed by atoms with van der Waals surface area (Å²) in [5, 5.41) is 8.12. The van der Waals surface area contributed by atoms with Crippen molar-refractivity contribution in [3.05, 3.63) is 74.7 Å². The van der Waals surface area contributed by atoms with E-state index in [1.54, 1.807) is 36.4 Å². The highest BCUT2D eigenvalue weighted by atomic mass is 35.5. The Kier molecular flexibility index (Phi) is 8.22. The van der Waals surface area contributed by atoms with E-state index in [4.69, 9.17) is 16.3 Å². The van der Waals surface area contributed by atoms with Crippen LogP contribution in [0.2, 0.25) is 5.02 Å². The van der Waals surface area contributed by atoms with Crippen LogP contribution in [0.25, 0.3) is 0 Å². The first-order valence-electron chi connectivity index (χ1n) is 11.4. The lowest BCUT2D eigenvalue weighted by atomic mass is 9.97. The van der Waals surface area contributed by atoms with E-state index in [2.05, 4.69) is 15.6 Å². The predicted molar refractivity (Wildman–Crippen MR) is 136 cm³/mol. The van der Waals surface area contributed by atoms with E-state index in [1.165, 1.54) is 13.2 Å². The van der Waals surface area contributed by atoms with Gasteiger partial charge in [-0.1, -0.05) is 23.7 Å². The van der Waals surface area contributed by atoms with Gasteiger partial charge in [-0.3, -0.25) is 19.7 Å². The molecule has 0 spiro atoms. The Morgan fingerprint density at radius 2 is 1.89 bits per heavy atom. The number of nitrogens with one attached hydrogen (secondary N) is 3. The number of methoxy groups -OCH3 is 1. The van der Waals surface area contributed by atoms with Crippen molar-refractivity contribution in [1.82, 2.24) is 15.6 Å². The summed E-state index contributed by atoms with van der Waals surface area (Å²) in [6, 6.07) is 10.7. The highest BCUT2D eigenvalue weighted by Gasteiger charge is 2.40. The number of aryl methyl sites for hydroxylation is 1. The van der Waals surface area contributed by atoms with Gasteiger partial charge in [0.1, 0.15) is 5.75 Å². The number of alkyl halides is 3. The molecule has 13 heteroatoms. The number of rotatable bonds is 7. The van der Waals surface area contributed by atoms with E-state index in [-0.39, 0.29) is 18.9 Å². The van der Waals surface area contributed by atoms with E-state index in [0.717, 1.165) is 11.3 Å². The summed E-state index contributed by atoms with van der Waals surface area (Å²) in [7, 11) is 1.48. The van der Waals surface area contributed by atoms with Gasteiger partial charge in [-0.25, -0.2) is 4.98 Å². The number of carbonyl (C=O) groups is 3. The number of fused-ring (bicyclic) bond motifs is 1. The molecule has 0 bridgehead atoms. The van der Waals surface area contributed by atoms with Gasteiger partial charge in [0.25, 0.3) is 11.8 Å². The maximum atomic E-state index is 12.8. The van der Waals surface area contributed by atoms with Gasteiger partial charge in [0.2, 0.25) is 0 Å². The average molecular weight is 567 g/mol. The first-order valence-corrected chi connectivity index (χ1v) is 12.6. The van der Waals surface area contributed by atoms with Gasteiger partial charge in [-0.2, -0.15) is 13.2 Å². The fourth-order valence-corrected chi connectivity index (χ4v) is 5.24. The summed E-state index contributed by atoms with van der Waals surface area (Å²) >= 11 is 7.24. The molecule has 1 aliphatic carbocycles. The summed E-state index contributed by atoms with van der Waals surface area (Å²) in [5.74, 6) is -2.28. The van der Waals surface area contributed by atoms with Crippen LogP contribution >= 0.6 is 22.9 Å². The van der Waals surface area contributed by atoms with Crippen LogP contribution in [0.5, 0.6) is 5.75 Å². The molecule has 1 aromatic heterocycles. The number of anilines is 1. The minimum absolute atomic E-state index is 0.167. The highest BCUT2D eigenvalue weighted by molar-refractivity contribution is 7.15. The molecule has 0 fully saturated rings. The van der Waals surface area contributed by atoms with Crippen LogP contribution in [0.15, 0.2) is 42.5 Å². The maximum absolute atomic E-state index is 12.8. The molecular weight excluding hydrogens is 545 g/mol. The topological polar surface area (TPSA) is 109 Å². The van der Waals surface area contributed by atoms with Crippen LogP contribution in [-0.4, -0.2) is 42.0 Å². The van der Waals surface area contributed by atoms with Crippen LogP contribution in [-0.2, 0) is 24.2 Å². The average Bonchev–Trinajstić information content (AvgIpc) is 3.28. The van der Waals surface area contributed by atoms with Crippen LogP contribution in [0.1, 0.15) is 43.3 Å². The number of hydrogen-bond acceptors (Lipinski definition) is 6. The Morgan fingerprint density at radius 3 is 2.61 bits per heavy atom. The zero-order chi connectivity index (χ0) is 27.4. The molecule has 0 saturated carbocycles. The van der Waals surface area contributed by atoms with Crippen molar-refractivity contribution >= 4 is 45.8 Å². The number of aromatic nitrogens is 1.